The standard InChI is InChI=1S/C20H19ClN2O3/c1-10(24)22(12-4-2-3-11(21)7-12)9-23-19(25)17-13-5-6-14(16-8-15(13)16)18(17)20(23)26/h2-7,13-18H,8-9H2,1H3/t13-,14-,15-,16+,17-,18-/m1/s1. The van der Waals surface area contributed by atoms with Crippen LogP contribution in [0.4, 0.5) is 5.69 Å². The molecule has 1 heterocycles. The summed E-state index contributed by atoms with van der Waals surface area (Å²) < 4.78 is 0. The predicted molar refractivity (Wildman–Crippen MR) is 96.0 cm³/mol. The number of benzene rings is 1. The molecule has 3 amide bonds. The van der Waals surface area contributed by atoms with E-state index in [0.717, 1.165) is 6.42 Å². The fourth-order valence-electron chi connectivity index (χ4n) is 5.31. The number of rotatable bonds is 3. The van der Waals surface area contributed by atoms with Crippen LogP contribution in [-0.2, 0) is 14.4 Å². The van der Waals surface area contributed by atoms with Crippen LogP contribution in [-0.4, -0.2) is 29.3 Å². The summed E-state index contributed by atoms with van der Waals surface area (Å²) in [7, 11) is 0. The van der Waals surface area contributed by atoms with Crippen LogP contribution in [0.15, 0.2) is 36.4 Å². The van der Waals surface area contributed by atoms with Gasteiger partial charge in [0.1, 0.15) is 6.67 Å². The molecule has 6 heteroatoms. The van der Waals surface area contributed by atoms with Gasteiger partial charge in [-0.2, -0.15) is 0 Å². The van der Waals surface area contributed by atoms with Crippen LogP contribution in [0.25, 0.3) is 0 Å². The third-order valence-corrected chi connectivity index (χ3v) is 6.77. The summed E-state index contributed by atoms with van der Waals surface area (Å²) in [5.41, 5.74) is 0.587. The Balaban J connectivity index is 1.45. The van der Waals surface area contributed by atoms with Crippen LogP contribution < -0.4 is 4.90 Å². The van der Waals surface area contributed by atoms with Crippen molar-refractivity contribution in [1.29, 1.82) is 0 Å². The molecule has 0 spiro atoms. The second kappa shape index (κ2) is 5.43. The molecule has 2 saturated carbocycles. The summed E-state index contributed by atoms with van der Waals surface area (Å²) in [6.45, 7) is 1.38. The highest BCUT2D eigenvalue weighted by atomic mass is 35.5. The average Bonchev–Trinajstić information content (AvgIpc) is 3.39. The number of imide groups is 1. The number of hydrogen-bond acceptors (Lipinski definition) is 3. The second-order valence-corrected chi connectivity index (χ2v) is 8.26. The Hall–Kier alpha value is -2.14. The maximum Gasteiger partial charge on any atom is 0.235 e. The molecule has 5 aliphatic rings. The third kappa shape index (κ3) is 2.13. The molecule has 26 heavy (non-hydrogen) atoms. The lowest BCUT2D eigenvalue weighted by Gasteiger charge is -2.37. The van der Waals surface area contributed by atoms with Crippen molar-refractivity contribution in [2.45, 2.75) is 13.3 Å². The quantitative estimate of drug-likeness (QED) is 0.607. The largest absolute Gasteiger partial charge is 0.294 e. The van der Waals surface area contributed by atoms with Crippen LogP contribution >= 0.6 is 11.6 Å². The van der Waals surface area contributed by atoms with E-state index in [0.29, 0.717) is 22.5 Å². The monoisotopic (exact) mass is 370 g/mol. The number of halogens is 1. The summed E-state index contributed by atoms with van der Waals surface area (Å²) in [5.74, 6) is 0.549. The minimum Gasteiger partial charge on any atom is -0.294 e. The second-order valence-electron chi connectivity index (χ2n) is 7.83. The van der Waals surface area contributed by atoms with E-state index in [1.165, 1.54) is 16.7 Å². The molecule has 0 aromatic heterocycles. The number of carbonyl (C=O) groups excluding carboxylic acids is 3. The first-order valence-electron chi connectivity index (χ1n) is 9.04. The molecule has 2 bridgehead atoms. The van der Waals surface area contributed by atoms with Gasteiger partial charge in [0.25, 0.3) is 0 Å². The van der Waals surface area contributed by atoms with Crippen LogP contribution in [0.3, 0.4) is 0 Å². The van der Waals surface area contributed by atoms with Gasteiger partial charge in [0.2, 0.25) is 17.7 Å². The maximum absolute atomic E-state index is 13.1. The number of likely N-dealkylation sites (tertiary alicyclic amines) is 1. The average molecular weight is 371 g/mol. The molecular formula is C20H19ClN2O3. The molecular weight excluding hydrogens is 352 g/mol. The zero-order valence-corrected chi connectivity index (χ0v) is 15.1. The fraction of sp³-hybridized carbons (Fsp3) is 0.450. The van der Waals surface area contributed by atoms with E-state index in [-0.39, 0.29) is 48.1 Å². The summed E-state index contributed by atoms with van der Waals surface area (Å²) in [6.07, 6.45) is 5.43. The van der Waals surface area contributed by atoms with Crippen LogP contribution in [0, 0.1) is 35.5 Å². The Morgan fingerprint density at radius 3 is 2.31 bits per heavy atom. The molecule has 0 N–H and O–H groups in total. The normalized spacial score (nSPS) is 36.2. The molecule has 1 aliphatic heterocycles. The highest BCUT2D eigenvalue weighted by Gasteiger charge is 2.67. The lowest BCUT2D eigenvalue weighted by molar-refractivity contribution is -0.140. The van der Waals surface area contributed by atoms with Crippen molar-refractivity contribution in [3.63, 3.8) is 0 Å². The van der Waals surface area contributed by atoms with Crippen molar-refractivity contribution < 1.29 is 14.4 Å². The van der Waals surface area contributed by atoms with Gasteiger partial charge in [0.05, 0.1) is 11.8 Å². The molecule has 1 aromatic rings. The summed E-state index contributed by atoms with van der Waals surface area (Å²) >= 11 is 6.04. The van der Waals surface area contributed by atoms with Crippen LogP contribution in [0.1, 0.15) is 13.3 Å². The molecule has 134 valence electrons. The Kier molecular flexibility index (Phi) is 3.35. The molecule has 6 atom stereocenters. The maximum atomic E-state index is 13.1. The van der Waals surface area contributed by atoms with Gasteiger partial charge in [-0.25, -0.2) is 0 Å². The van der Waals surface area contributed by atoms with Crippen LogP contribution in [0.2, 0.25) is 5.02 Å². The summed E-state index contributed by atoms with van der Waals surface area (Å²) in [5, 5.41) is 0.504. The highest BCUT2D eigenvalue weighted by Crippen LogP contribution is 2.65. The van der Waals surface area contributed by atoms with E-state index in [1.54, 1.807) is 24.3 Å². The van der Waals surface area contributed by atoms with Crippen molar-refractivity contribution in [2.75, 3.05) is 11.6 Å². The third-order valence-electron chi connectivity index (χ3n) is 6.54. The van der Waals surface area contributed by atoms with E-state index >= 15 is 0 Å². The van der Waals surface area contributed by atoms with Gasteiger partial charge < -0.3 is 0 Å². The molecule has 1 aromatic carbocycles. The number of allylic oxidation sites excluding steroid dienone is 2. The first kappa shape index (κ1) is 16.1. The molecule has 1 saturated heterocycles. The van der Waals surface area contributed by atoms with Gasteiger partial charge in [-0.15, -0.1) is 0 Å². The number of carbonyl (C=O) groups is 3. The highest BCUT2D eigenvalue weighted by molar-refractivity contribution is 6.30. The minimum atomic E-state index is -0.241. The number of hydrogen-bond donors (Lipinski definition) is 0. The minimum absolute atomic E-state index is 0.0465. The van der Waals surface area contributed by atoms with Crippen molar-refractivity contribution in [3.8, 4) is 0 Å². The van der Waals surface area contributed by atoms with Gasteiger partial charge in [-0.05, 0) is 48.3 Å². The fourth-order valence-corrected chi connectivity index (χ4v) is 5.49. The molecule has 6 rings (SSSR count). The van der Waals surface area contributed by atoms with E-state index in [2.05, 4.69) is 12.2 Å². The Labute approximate surface area is 156 Å². The van der Waals surface area contributed by atoms with Gasteiger partial charge in [0.15, 0.2) is 0 Å². The molecule has 5 nitrogen and oxygen atoms in total. The van der Waals surface area contributed by atoms with Gasteiger partial charge in [-0.1, -0.05) is 29.8 Å². The topological polar surface area (TPSA) is 57.7 Å². The Bertz CT molecular complexity index is 830. The Morgan fingerprint density at radius 1 is 1.15 bits per heavy atom. The lowest BCUT2D eigenvalue weighted by atomic mass is 9.63. The van der Waals surface area contributed by atoms with Gasteiger partial charge >= 0.3 is 0 Å². The zero-order chi connectivity index (χ0) is 18.2. The smallest absolute Gasteiger partial charge is 0.235 e. The first-order valence-corrected chi connectivity index (χ1v) is 9.42. The molecule has 4 aliphatic carbocycles. The van der Waals surface area contributed by atoms with E-state index < -0.39 is 0 Å². The lowest BCUT2D eigenvalue weighted by Crippen LogP contribution is -2.44. The van der Waals surface area contributed by atoms with Crippen molar-refractivity contribution >= 4 is 35.0 Å². The van der Waals surface area contributed by atoms with Crippen molar-refractivity contribution in [3.05, 3.63) is 41.4 Å². The number of nitrogens with zero attached hydrogens (tertiary/aromatic N) is 2. The van der Waals surface area contributed by atoms with Crippen LogP contribution in [0.5, 0.6) is 0 Å². The number of amides is 3. The predicted octanol–water partition coefficient (Wildman–Crippen LogP) is 2.70. The zero-order valence-electron chi connectivity index (χ0n) is 14.3. The number of anilines is 1. The SMILES string of the molecule is CC(=O)N(CN1C(=O)[C@@H]2[C@@H]3C=C[C@H]([C@@H]4C[C@H]34)[C@H]2C1=O)c1cccc(Cl)c1. The first-order chi connectivity index (χ1) is 12.5. The van der Waals surface area contributed by atoms with E-state index in [4.69, 9.17) is 11.6 Å². The summed E-state index contributed by atoms with van der Waals surface area (Å²) in [4.78, 5) is 41.1. The molecule has 0 radical (unpaired) electrons. The van der Waals surface area contributed by atoms with Gasteiger partial charge in [-0.3, -0.25) is 24.2 Å². The van der Waals surface area contributed by atoms with E-state index in [1.807, 2.05) is 0 Å². The van der Waals surface area contributed by atoms with Gasteiger partial charge in [0, 0.05) is 17.6 Å². The molecule has 0 unspecified atom stereocenters. The molecule has 3 fully saturated rings. The van der Waals surface area contributed by atoms with Crippen molar-refractivity contribution in [2.24, 2.45) is 35.5 Å². The van der Waals surface area contributed by atoms with E-state index in [9.17, 15) is 14.4 Å². The summed E-state index contributed by atoms with van der Waals surface area (Å²) in [6, 6.07) is 6.89. The Morgan fingerprint density at radius 2 is 1.77 bits per heavy atom. The van der Waals surface area contributed by atoms with Crippen molar-refractivity contribution in [1.82, 2.24) is 4.90 Å².